The second-order valence-corrected chi connectivity index (χ2v) is 8.41. The number of rotatable bonds is 4. The van der Waals surface area contributed by atoms with Crippen molar-refractivity contribution in [3.05, 3.63) is 95.6 Å². The van der Waals surface area contributed by atoms with Gasteiger partial charge in [0, 0.05) is 35.2 Å². The molecule has 1 aromatic heterocycles. The molecule has 154 valence electrons. The van der Waals surface area contributed by atoms with Crippen LogP contribution in [0.4, 0.5) is 0 Å². The Bertz CT molecular complexity index is 1250. The normalized spacial score (nSPS) is 20.5. The van der Waals surface area contributed by atoms with E-state index >= 15 is 0 Å². The quantitative estimate of drug-likeness (QED) is 0.481. The topological polar surface area (TPSA) is 45.3 Å². The Morgan fingerprint density at radius 3 is 2.55 bits per heavy atom. The Morgan fingerprint density at radius 1 is 0.935 bits per heavy atom. The van der Waals surface area contributed by atoms with Gasteiger partial charge in [0.15, 0.2) is 0 Å². The van der Waals surface area contributed by atoms with Crippen molar-refractivity contribution in [1.82, 2.24) is 9.88 Å². The molecular weight excluding hydrogens is 384 g/mol. The largest absolute Gasteiger partial charge is 0.376 e. The van der Waals surface area contributed by atoms with Gasteiger partial charge in [-0.05, 0) is 36.1 Å². The molecule has 2 atom stereocenters. The molecule has 1 N–H and O–H groups in total. The number of aromatic amines is 1. The van der Waals surface area contributed by atoms with Crippen LogP contribution in [-0.4, -0.2) is 35.0 Å². The maximum absolute atomic E-state index is 13.5. The number of fused-ring (bicyclic) bond motifs is 2. The molecule has 2 aliphatic rings. The minimum absolute atomic E-state index is 0.0976. The summed E-state index contributed by atoms with van der Waals surface area (Å²) in [5, 5.41) is 1.16. The average molecular weight is 409 g/mol. The summed E-state index contributed by atoms with van der Waals surface area (Å²) in [5.41, 5.74) is 6.34. The molecule has 1 saturated heterocycles. The minimum atomic E-state index is -0.140. The van der Waals surface area contributed by atoms with E-state index < -0.39 is 0 Å². The van der Waals surface area contributed by atoms with Crippen molar-refractivity contribution in [2.24, 2.45) is 0 Å². The van der Waals surface area contributed by atoms with Gasteiger partial charge in [-0.2, -0.15) is 0 Å². The van der Waals surface area contributed by atoms with Gasteiger partial charge in [0.05, 0.1) is 17.8 Å². The monoisotopic (exact) mass is 408 g/mol. The summed E-state index contributed by atoms with van der Waals surface area (Å²) in [6.07, 6.45) is 2.17. The number of amides is 1. The number of carbonyl (C=O) groups excluding carboxylic acids is 1. The van der Waals surface area contributed by atoms with Crippen LogP contribution in [0.25, 0.3) is 22.2 Å². The molecule has 6 rings (SSSR count). The molecule has 0 unspecified atom stereocenters. The number of hydrogen-bond acceptors (Lipinski definition) is 2. The number of benzene rings is 3. The van der Waals surface area contributed by atoms with E-state index in [4.69, 9.17) is 4.74 Å². The first-order chi connectivity index (χ1) is 15.3. The van der Waals surface area contributed by atoms with Crippen molar-refractivity contribution in [3.8, 4) is 11.3 Å². The highest BCUT2D eigenvalue weighted by Gasteiger charge is 2.41. The minimum Gasteiger partial charge on any atom is -0.376 e. The molecule has 1 amide bonds. The molecule has 2 aliphatic heterocycles. The number of aromatic nitrogens is 1. The van der Waals surface area contributed by atoms with E-state index in [2.05, 4.69) is 59.6 Å². The predicted molar refractivity (Wildman–Crippen MR) is 122 cm³/mol. The Kier molecular flexibility index (Phi) is 4.39. The van der Waals surface area contributed by atoms with Crippen LogP contribution in [0.5, 0.6) is 0 Å². The zero-order valence-electron chi connectivity index (χ0n) is 17.3. The van der Waals surface area contributed by atoms with Crippen molar-refractivity contribution in [3.63, 3.8) is 0 Å². The molecule has 0 radical (unpaired) electrons. The van der Waals surface area contributed by atoms with E-state index in [0.29, 0.717) is 6.54 Å². The van der Waals surface area contributed by atoms with Gasteiger partial charge in [0.25, 0.3) is 5.91 Å². The third kappa shape index (κ3) is 2.98. The first-order valence-electron chi connectivity index (χ1n) is 11.0. The summed E-state index contributed by atoms with van der Waals surface area (Å²) in [7, 11) is 0. The number of H-pyrrole nitrogens is 1. The summed E-state index contributed by atoms with van der Waals surface area (Å²) in [4.78, 5) is 19.2. The molecule has 31 heavy (non-hydrogen) atoms. The number of para-hydroxylation sites is 1. The van der Waals surface area contributed by atoms with Crippen LogP contribution in [0.1, 0.15) is 40.4 Å². The van der Waals surface area contributed by atoms with Gasteiger partial charge in [-0.3, -0.25) is 4.79 Å². The Balaban J connectivity index is 1.58. The summed E-state index contributed by atoms with van der Waals surface area (Å²) < 4.78 is 5.93. The van der Waals surface area contributed by atoms with Crippen LogP contribution in [0.15, 0.2) is 78.9 Å². The highest BCUT2D eigenvalue weighted by Crippen LogP contribution is 2.45. The fraction of sp³-hybridized carbons (Fsp3) is 0.222. The molecule has 0 aliphatic carbocycles. The third-order valence-corrected chi connectivity index (χ3v) is 6.56. The fourth-order valence-corrected chi connectivity index (χ4v) is 5.16. The zero-order chi connectivity index (χ0) is 20.8. The Labute approximate surface area is 181 Å². The first-order valence-corrected chi connectivity index (χ1v) is 11.0. The van der Waals surface area contributed by atoms with Crippen molar-refractivity contribution in [1.29, 1.82) is 0 Å². The van der Waals surface area contributed by atoms with Crippen LogP contribution < -0.4 is 0 Å². The number of nitrogens with zero attached hydrogens (tertiary/aromatic N) is 1. The fourth-order valence-electron chi connectivity index (χ4n) is 5.16. The highest BCUT2D eigenvalue weighted by molar-refractivity contribution is 6.02. The van der Waals surface area contributed by atoms with Crippen molar-refractivity contribution < 1.29 is 9.53 Å². The molecule has 0 spiro atoms. The van der Waals surface area contributed by atoms with Gasteiger partial charge < -0.3 is 14.6 Å². The predicted octanol–water partition coefficient (Wildman–Crippen LogP) is 5.56. The molecule has 0 bridgehead atoms. The summed E-state index contributed by atoms with van der Waals surface area (Å²) in [6.45, 7) is 1.40. The molecule has 4 heteroatoms. The maximum Gasteiger partial charge on any atom is 0.255 e. The summed E-state index contributed by atoms with van der Waals surface area (Å²) >= 11 is 0. The van der Waals surface area contributed by atoms with Crippen molar-refractivity contribution >= 4 is 16.8 Å². The summed E-state index contributed by atoms with van der Waals surface area (Å²) in [6, 6.07) is 26.7. The van der Waals surface area contributed by atoms with E-state index in [1.807, 2.05) is 29.2 Å². The molecule has 0 saturated carbocycles. The highest BCUT2D eigenvalue weighted by atomic mass is 16.5. The molecule has 4 aromatic rings. The first kappa shape index (κ1) is 18.4. The van der Waals surface area contributed by atoms with Gasteiger partial charge >= 0.3 is 0 Å². The van der Waals surface area contributed by atoms with Gasteiger partial charge in [0.2, 0.25) is 0 Å². The average Bonchev–Trinajstić information content (AvgIpc) is 3.53. The van der Waals surface area contributed by atoms with Gasteiger partial charge in [-0.15, -0.1) is 0 Å². The van der Waals surface area contributed by atoms with Gasteiger partial charge in [0.1, 0.15) is 0 Å². The second kappa shape index (κ2) is 7.40. The molecule has 3 aromatic carbocycles. The SMILES string of the molecule is O=C1c2ccccc2[C@@H](c2c(-c3ccccc3)[nH]c3ccccc23)N1C[C@H]1CCCO1. The molecule has 1 fully saturated rings. The van der Waals surface area contributed by atoms with Crippen LogP contribution in [0.2, 0.25) is 0 Å². The van der Waals surface area contributed by atoms with E-state index in [0.717, 1.165) is 58.3 Å². The van der Waals surface area contributed by atoms with E-state index in [9.17, 15) is 4.79 Å². The standard InChI is InChI=1S/C27H24N2O2/c30-27-21-13-5-4-12-20(21)26(29(27)17-19-11-8-16-31-19)24-22-14-6-7-15-23(22)28-25(24)18-9-2-1-3-10-18/h1-7,9-10,12-15,19,26,28H,8,11,16-17H2/t19-,26+/m1/s1. The van der Waals surface area contributed by atoms with E-state index in [-0.39, 0.29) is 18.1 Å². The third-order valence-electron chi connectivity index (χ3n) is 6.56. The zero-order valence-corrected chi connectivity index (χ0v) is 17.3. The second-order valence-electron chi connectivity index (χ2n) is 8.41. The van der Waals surface area contributed by atoms with Crippen molar-refractivity contribution in [2.75, 3.05) is 13.2 Å². The van der Waals surface area contributed by atoms with Gasteiger partial charge in [-0.25, -0.2) is 0 Å². The lowest BCUT2D eigenvalue weighted by molar-refractivity contribution is 0.0501. The Hall–Kier alpha value is -3.37. The maximum atomic E-state index is 13.5. The van der Waals surface area contributed by atoms with Crippen LogP contribution >= 0.6 is 0 Å². The number of carbonyl (C=O) groups is 1. The summed E-state index contributed by atoms with van der Waals surface area (Å²) in [5.74, 6) is 0.0976. The van der Waals surface area contributed by atoms with Gasteiger partial charge in [-0.1, -0.05) is 66.7 Å². The molecular formula is C27H24N2O2. The number of hydrogen-bond donors (Lipinski definition) is 1. The van der Waals surface area contributed by atoms with Crippen molar-refractivity contribution in [2.45, 2.75) is 25.0 Å². The lowest BCUT2D eigenvalue weighted by Crippen LogP contribution is -2.35. The Morgan fingerprint density at radius 2 is 1.71 bits per heavy atom. The number of ether oxygens (including phenoxy) is 1. The van der Waals surface area contributed by atoms with Crippen LogP contribution in [0, 0.1) is 0 Å². The number of nitrogens with one attached hydrogen (secondary N) is 1. The van der Waals surface area contributed by atoms with Crippen LogP contribution in [0.3, 0.4) is 0 Å². The van der Waals surface area contributed by atoms with Crippen LogP contribution in [-0.2, 0) is 4.74 Å². The van der Waals surface area contributed by atoms with E-state index in [1.165, 1.54) is 0 Å². The lowest BCUT2D eigenvalue weighted by Gasteiger charge is -2.28. The molecule has 3 heterocycles. The van der Waals surface area contributed by atoms with E-state index in [1.54, 1.807) is 0 Å². The smallest absolute Gasteiger partial charge is 0.255 e. The lowest BCUT2D eigenvalue weighted by atomic mass is 9.93. The molecule has 4 nitrogen and oxygen atoms in total.